The van der Waals surface area contributed by atoms with E-state index in [9.17, 15) is 0 Å². The molecule has 0 saturated carbocycles. The van der Waals surface area contributed by atoms with E-state index in [1.807, 2.05) is 0 Å². The Morgan fingerprint density at radius 1 is 1.40 bits per heavy atom. The van der Waals surface area contributed by atoms with Gasteiger partial charge in [-0.25, -0.2) is 0 Å². The van der Waals surface area contributed by atoms with Crippen LogP contribution in [0.5, 0.6) is 0 Å². The maximum absolute atomic E-state index is 4.96. The van der Waals surface area contributed by atoms with Crippen molar-refractivity contribution in [2.75, 3.05) is 34.3 Å². The summed E-state index contributed by atoms with van der Waals surface area (Å²) in [5.74, 6) is 0. The van der Waals surface area contributed by atoms with Crippen molar-refractivity contribution in [1.82, 2.24) is 0 Å². The van der Waals surface area contributed by atoms with Crippen LogP contribution in [0.1, 0.15) is 0 Å². The number of hydrogen-bond donors (Lipinski definition) is 0. The Hall–Kier alpha value is 0.230. The molecule has 0 bridgehead atoms. The number of likely N-dealkylation sites (N-methyl/N-ethyl adjacent to an activating group) is 1. The number of nitrogens with zero attached hydrogens (tertiary/aromatic N) is 1. The van der Waals surface area contributed by atoms with Gasteiger partial charge in [-0.15, -0.1) is 0 Å². The summed E-state index contributed by atoms with van der Waals surface area (Å²) in [5, 5.41) is 0. The van der Waals surface area contributed by atoms with E-state index in [-0.39, 0.29) is 24.0 Å². The van der Waals surface area contributed by atoms with Crippen molar-refractivity contribution in [3.8, 4) is 0 Å². The van der Waals surface area contributed by atoms with Crippen molar-refractivity contribution >= 4 is 0 Å². The third-order valence-electron chi connectivity index (χ3n) is 0.998. The lowest BCUT2D eigenvalue weighted by Crippen LogP contribution is -3.00. The van der Waals surface area contributed by atoms with Crippen LogP contribution >= 0.6 is 0 Å². The van der Waals surface area contributed by atoms with Crippen LogP contribution in [0.25, 0.3) is 0 Å². The predicted octanol–water partition coefficient (Wildman–Crippen LogP) is -2.14. The summed E-state index contributed by atoms with van der Waals surface area (Å²) >= 11 is 0. The highest BCUT2D eigenvalue weighted by atomic mass is 127. The standard InChI is InChI=1S/C7H16NO.HI/c1-5-9-7-6-8(2,3)4;/h5H,1,6-7H2,2-4H3;1H/q+1;/p-1. The lowest BCUT2D eigenvalue weighted by Gasteiger charge is -2.22. The van der Waals surface area contributed by atoms with E-state index in [0.29, 0.717) is 0 Å². The summed E-state index contributed by atoms with van der Waals surface area (Å²) in [7, 11) is 6.39. The summed E-state index contributed by atoms with van der Waals surface area (Å²) in [6.45, 7) is 5.23. The second-order valence-corrected chi connectivity index (χ2v) is 3.05. The van der Waals surface area contributed by atoms with Crippen LogP contribution in [-0.4, -0.2) is 38.8 Å². The van der Waals surface area contributed by atoms with Gasteiger partial charge >= 0.3 is 0 Å². The molecule has 0 heterocycles. The van der Waals surface area contributed by atoms with E-state index in [1.165, 1.54) is 6.26 Å². The van der Waals surface area contributed by atoms with Gasteiger partial charge in [0.15, 0.2) is 0 Å². The smallest absolute Gasteiger partial charge is 0.136 e. The van der Waals surface area contributed by atoms with Crippen LogP contribution in [0.15, 0.2) is 12.8 Å². The first kappa shape index (κ1) is 12.9. The topological polar surface area (TPSA) is 9.23 Å². The fraction of sp³-hybridized carbons (Fsp3) is 0.714. The predicted molar refractivity (Wildman–Crippen MR) is 39.0 cm³/mol. The van der Waals surface area contributed by atoms with Crippen LogP contribution in [0.4, 0.5) is 0 Å². The van der Waals surface area contributed by atoms with Crippen LogP contribution in [-0.2, 0) is 4.74 Å². The Morgan fingerprint density at radius 2 is 1.90 bits per heavy atom. The van der Waals surface area contributed by atoms with Gasteiger partial charge in [-0.3, -0.25) is 0 Å². The molecule has 3 heteroatoms. The highest BCUT2D eigenvalue weighted by Crippen LogP contribution is 1.88. The highest BCUT2D eigenvalue weighted by molar-refractivity contribution is 4.47. The molecule has 0 unspecified atom stereocenters. The van der Waals surface area contributed by atoms with Gasteiger partial charge in [-0.2, -0.15) is 0 Å². The Bertz CT molecular complexity index is 88.1. The molecule has 2 nitrogen and oxygen atoms in total. The van der Waals surface area contributed by atoms with E-state index >= 15 is 0 Å². The first-order chi connectivity index (χ1) is 4.06. The summed E-state index contributed by atoms with van der Waals surface area (Å²) in [6, 6.07) is 0. The Morgan fingerprint density at radius 3 is 2.20 bits per heavy atom. The summed E-state index contributed by atoms with van der Waals surface area (Å²) in [6.07, 6.45) is 1.48. The third kappa shape index (κ3) is 11.1. The van der Waals surface area contributed by atoms with Crippen molar-refractivity contribution in [2.24, 2.45) is 0 Å². The second kappa shape index (κ2) is 5.97. The van der Waals surface area contributed by atoms with Crippen LogP contribution in [0.2, 0.25) is 0 Å². The Balaban J connectivity index is 0. The zero-order valence-corrected chi connectivity index (χ0v) is 9.09. The van der Waals surface area contributed by atoms with Crippen LogP contribution in [0.3, 0.4) is 0 Å². The van der Waals surface area contributed by atoms with Crippen LogP contribution < -0.4 is 24.0 Å². The third-order valence-corrected chi connectivity index (χ3v) is 0.998. The lowest BCUT2D eigenvalue weighted by atomic mass is 10.5. The minimum absolute atomic E-state index is 0. The largest absolute Gasteiger partial charge is 1.00 e. The van der Waals surface area contributed by atoms with E-state index in [1.54, 1.807) is 0 Å². The minimum Gasteiger partial charge on any atom is -1.00 e. The van der Waals surface area contributed by atoms with Crippen molar-refractivity contribution in [2.45, 2.75) is 0 Å². The molecule has 0 N–H and O–H groups in total. The molecule has 0 aliphatic rings. The summed E-state index contributed by atoms with van der Waals surface area (Å²) in [5.41, 5.74) is 0. The van der Waals surface area contributed by atoms with Gasteiger partial charge < -0.3 is 33.2 Å². The molecular formula is C7H16INO. The molecule has 0 aromatic heterocycles. The molecule has 10 heavy (non-hydrogen) atoms. The van der Waals surface area contributed by atoms with Crippen LogP contribution in [0, 0.1) is 0 Å². The van der Waals surface area contributed by atoms with Gasteiger partial charge in [-0.1, -0.05) is 6.58 Å². The van der Waals surface area contributed by atoms with E-state index in [4.69, 9.17) is 4.74 Å². The number of quaternary nitrogens is 1. The second-order valence-electron chi connectivity index (χ2n) is 3.05. The molecule has 0 aliphatic carbocycles. The fourth-order valence-corrected chi connectivity index (χ4v) is 0.410. The average molecular weight is 257 g/mol. The SMILES string of the molecule is C=COCC[N+](C)(C)C.[I-]. The maximum atomic E-state index is 4.96. The van der Waals surface area contributed by atoms with E-state index < -0.39 is 0 Å². The van der Waals surface area contributed by atoms with Crippen molar-refractivity contribution in [3.05, 3.63) is 12.8 Å². The number of rotatable bonds is 4. The molecule has 0 amide bonds. The quantitative estimate of drug-likeness (QED) is 0.242. The fourth-order valence-electron chi connectivity index (χ4n) is 0.410. The van der Waals surface area contributed by atoms with Crippen molar-refractivity contribution in [3.63, 3.8) is 0 Å². The molecule has 0 aromatic rings. The van der Waals surface area contributed by atoms with Gasteiger partial charge in [0.05, 0.1) is 27.4 Å². The monoisotopic (exact) mass is 257 g/mol. The first-order valence-corrected chi connectivity index (χ1v) is 3.09. The van der Waals surface area contributed by atoms with E-state index in [0.717, 1.165) is 17.6 Å². The highest BCUT2D eigenvalue weighted by Gasteiger charge is 2.04. The molecule has 0 radical (unpaired) electrons. The van der Waals surface area contributed by atoms with Crippen molar-refractivity contribution < 1.29 is 33.2 Å². The summed E-state index contributed by atoms with van der Waals surface area (Å²) < 4.78 is 5.90. The molecule has 0 saturated heterocycles. The number of hydrogen-bond acceptors (Lipinski definition) is 1. The molecule has 0 rings (SSSR count). The molecule has 0 spiro atoms. The number of halogens is 1. The van der Waals surface area contributed by atoms with Gasteiger partial charge in [0.25, 0.3) is 0 Å². The zero-order chi connectivity index (χ0) is 7.33. The Kier molecular flexibility index (Phi) is 7.69. The Labute approximate surface area is 80.5 Å². The average Bonchev–Trinajstić information content (AvgIpc) is 1.63. The van der Waals surface area contributed by atoms with Gasteiger partial charge in [0.2, 0.25) is 0 Å². The molecule has 0 fully saturated rings. The van der Waals surface area contributed by atoms with Gasteiger partial charge in [-0.05, 0) is 0 Å². The summed E-state index contributed by atoms with van der Waals surface area (Å²) in [4.78, 5) is 0. The molecule has 0 aliphatic heterocycles. The zero-order valence-electron chi connectivity index (χ0n) is 6.93. The normalized spacial score (nSPS) is 9.90. The lowest BCUT2D eigenvalue weighted by molar-refractivity contribution is -0.870. The van der Waals surface area contributed by atoms with Gasteiger partial charge in [0.1, 0.15) is 13.2 Å². The van der Waals surface area contributed by atoms with E-state index in [2.05, 4.69) is 27.7 Å². The first-order valence-electron chi connectivity index (χ1n) is 3.09. The molecule has 62 valence electrons. The molecule has 0 aromatic carbocycles. The molecule has 0 atom stereocenters. The van der Waals surface area contributed by atoms with Crippen molar-refractivity contribution in [1.29, 1.82) is 0 Å². The molecular weight excluding hydrogens is 241 g/mol. The number of ether oxygens (including phenoxy) is 1. The minimum atomic E-state index is 0. The van der Waals surface area contributed by atoms with Gasteiger partial charge in [0, 0.05) is 0 Å². The maximum Gasteiger partial charge on any atom is 0.136 e.